The zero-order chi connectivity index (χ0) is 9.04. The minimum absolute atomic E-state index is 0. The van der Waals surface area contributed by atoms with Crippen LogP contribution in [0.2, 0.25) is 0 Å². The summed E-state index contributed by atoms with van der Waals surface area (Å²) in [5.41, 5.74) is -2.51. The van der Waals surface area contributed by atoms with Gasteiger partial charge in [-0.15, -0.1) is 12.4 Å². The van der Waals surface area contributed by atoms with Crippen LogP contribution >= 0.6 is 12.4 Å². The molecule has 2 atom stereocenters. The molecule has 1 aliphatic heterocycles. The van der Waals surface area contributed by atoms with Crippen LogP contribution in [0.4, 0.5) is 13.2 Å². The van der Waals surface area contributed by atoms with Gasteiger partial charge in [0, 0.05) is 18.5 Å². The third-order valence-electron chi connectivity index (χ3n) is 3.27. The van der Waals surface area contributed by atoms with E-state index < -0.39 is 17.0 Å². The number of piperidine rings is 1. The second-order valence-corrected chi connectivity index (χ2v) is 3.80. The van der Waals surface area contributed by atoms with Crippen LogP contribution in [0.15, 0.2) is 0 Å². The molecule has 0 radical (unpaired) electrons. The number of rotatable bonds is 1. The van der Waals surface area contributed by atoms with E-state index in [-0.39, 0.29) is 32.0 Å². The molecule has 78 valence electrons. The van der Waals surface area contributed by atoms with Crippen molar-refractivity contribution in [2.75, 3.05) is 19.7 Å². The first-order chi connectivity index (χ1) is 5.47. The number of fused-ring (bicyclic) bond motifs is 1. The summed E-state index contributed by atoms with van der Waals surface area (Å²) in [6.45, 7) is -0.0976. The van der Waals surface area contributed by atoms with E-state index in [1.165, 1.54) is 0 Å². The van der Waals surface area contributed by atoms with Crippen LogP contribution in [0.3, 0.4) is 0 Å². The van der Waals surface area contributed by atoms with Crippen molar-refractivity contribution in [1.29, 1.82) is 0 Å². The van der Waals surface area contributed by atoms with Crippen molar-refractivity contribution in [1.82, 2.24) is 5.32 Å². The maximum absolute atomic E-state index is 12.5. The third-order valence-corrected chi connectivity index (χ3v) is 3.27. The van der Waals surface area contributed by atoms with Gasteiger partial charge >= 0.3 is 6.18 Å². The molecule has 0 aromatic heterocycles. The molecule has 1 aliphatic carbocycles. The van der Waals surface area contributed by atoms with Crippen molar-refractivity contribution in [3.8, 4) is 0 Å². The summed E-state index contributed by atoms with van der Waals surface area (Å²) in [7, 11) is 0. The van der Waals surface area contributed by atoms with E-state index >= 15 is 0 Å². The minimum Gasteiger partial charge on any atom is -0.396 e. The van der Waals surface area contributed by atoms with Crippen LogP contribution in [0.5, 0.6) is 0 Å². The summed E-state index contributed by atoms with van der Waals surface area (Å²) >= 11 is 0. The summed E-state index contributed by atoms with van der Waals surface area (Å²) < 4.78 is 37.4. The van der Waals surface area contributed by atoms with Crippen molar-refractivity contribution in [2.45, 2.75) is 12.6 Å². The zero-order valence-corrected chi connectivity index (χ0v) is 7.63. The molecule has 1 saturated carbocycles. The average molecular weight is 218 g/mol. The van der Waals surface area contributed by atoms with Crippen LogP contribution in [0, 0.1) is 10.8 Å². The molecular formula is C7H11ClF3NO. The zero-order valence-electron chi connectivity index (χ0n) is 6.82. The lowest BCUT2D eigenvalue weighted by Crippen LogP contribution is -2.32. The van der Waals surface area contributed by atoms with Crippen molar-refractivity contribution in [3.05, 3.63) is 0 Å². The Hall–Kier alpha value is -0.0000000000000000555. The fraction of sp³-hybridized carbons (Fsp3) is 1.00. The van der Waals surface area contributed by atoms with Gasteiger partial charge in [-0.1, -0.05) is 0 Å². The van der Waals surface area contributed by atoms with Crippen molar-refractivity contribution in [3.63, 3.8) is 0 Å². The molecule has 2 nitrogen and oxygen atoms in total. The lowest BCUT2D eigenvalue weighted by atomic mass is 9.97. The molecule has 6 heteroatoms. The summed E-state index contributed by atoms with van der Waals surface area (Å²) in [6, 6.07) is 0. The van der Waals surface area contributed by atoms with E-state index in [9.17, 15) is 13.2 Å². The van der Waals surface area contributed by atoms with Gasteiger partial charge in [0.05, 0.1) is 12.0 Å². The van der Waals surface area contributed by atoms with Crippen molar-refractivity contribution < 1.29 is 18.3 Å². The molecule has 0 amide bonds. The normalized spacial score (nSPS) is 42.5. The topological polar surface area (TPSA) is 32.3 Å². The molecule has 13 heavy (non-hydrogen) atoms. The highest BCUT2D eigenvalue weighted by Gasteiger charge is 2.81. The van der Waals surface area contributed by atoms with Gasteiger partial charge in [0.25, 0.3) is 0 Å². The second kappa shape index (κ2) is 2.74. The molecule has 2 rings (SSSR count). The molecule has 1 heterocycles. The number of halogens is 4. The average Bonchev–Trinajstić information content (AvgIpc) is 2.51. The standard InChI is InChI=1S/C7H10F3NO.ClH/c8-7(9,10)6-1-5(6,4-12)2-11-3-6;/h11-12H,1-4H2;1H. The number of hydrogen-bond acceptors (Lipinski definition) is 2. The predicted molar refractivity (Wildman–Crippen MR) is 42.7 cm³/mol. The SMILES string of the molecule is Cl.OCC12CNCC1(C(F)(F)F)C2. The number of aliphatic hydroxyl groups is 1. The minimum atomic E-state index is -4.17. The monoisotopic (exact) mass is 217 g/mol. The number of hydrogen-bond donors (Lipinski definition) is 2. The van der Waals surface area contributed by atoms with E-state index in [0.29, 0.717) is 6.54 Å². The maximum Gasteiger partial charge on any atom is 0.396 e. The molecule has 2 unspecified atom stereocenters. The largest absolute Gasteiger partial charge is 0.396 e. The molecule has 0 bridgehead atoms. The van der Waals surface area contributed by atoms with Crippen molar-refractivity contribution in [2.24, 2.45) is 10.8 Å². The first-order valence-corrected chi connectivity index (χ1v) is 3.86. The summed E-state index contributed by atoms with van der Waals surface area (Å²) in [4.78, 5) is 0. The van der Waals surface area contributed by atoms with E-state index in [1.54, 1.807) is 0 Å². The van der Waals surface area contributed by atoms with Crippen molar-refractivity contribution >= 4 is 12.4 Å². The highest BCUT2D eigenvalue weighted by molar-refractivity contribution is 5.85. The molecule has 0 aromatic carbocycles. The van der Waals surface area contributed by atoms with Gasteiger partial charge in [-0.3, -0.25) is 0 Å². The lowest BCUT2D eigenvalue weighted by Gasteiger charge is -2.18. The van der Waals surface area contributed by atoms with E-state index in [0.717, 1.165) is 0 Å². The van der Waals surface area contributed by atoms with Crippen LogP contribution in [0.1, 0.15) is 6.42 Å². The van der Waals surface area contributed by atoms with Gasteiger partial charge in [0.1, 0.15) is 0 Å². The highest BCUT2D eigenvalue weighted by atomic mass is 35.5. The molecule has 1 saturated heterocycles. The summed E-state index contributed by atoms with van der Waals surface area (Å²) in [6.07, 6.45) is -4.08. The maximum atomic E-state index is 12.5. The van der Waals surface area contributed by atoms with Gasteiger partial charge in [0.2, 0.25) is 0 Å². The Labute approximate surface area is 79.9 Å². The quantitative estimate of drug-likeness (QED) is 0.685. The summed E-state index contributed by atoms with van der Waals surface area (Å²) in [5.74, 6) is 0. The molecule has 2 N–H and O–H groups in total. The first-order valence-electron chi connectivity index (χ1n) is 3.86. The lowest BCUT2D eigenvalue weighted by molar-refractivity contribution is -0.192. The number of nitrogens with one attached hydrogen (secondary N) is 1. The molecular weight excluding hydrogens is 207 g/mol. The third kappa shape index (κ3) is 1.10. The Kier molecular flexibility index (Phi) is 2.34. The first kappa shape index (κ1) is 11.1. The van der Waals surface area contributed by atoms with Crippen LogP contribution in [0.25, 0.3) is 0 Å². The van der Waals surface area contributed by atoms with Crippen LogP contribution in [-0.4, -0.2) is 31.0 Å². The van der Waals surface area contributed by atoms with Crippen LogP contribution < -0.4 is 5.32 Å². The van der Waals surface area contributed by atoms with E-state index in [2.05, 4.69) is 5.32 Å². The molecule has 0 spiro atoms. The van der Waals surface area contributed by atoms with Gasteiger partial charge in [-0.2, -0.15) is 13.2 Å². The van der Waals surface area contributed by atoms with Gasteiger partial charge < -0.3 is 10.4 Å². The Balaban J connectivity index is 0.000000845. The Morgan fingerprint density at radius 3 is 2.23 bits per heavy atom. The Morgan fingerprint density at radius 2 is 1.92 bits per heavy atom. The van der Waals surface area contributed by atoms with E-state index in [1.807, 2.05) is 0 Å². The van der Waals surface area contributed by atoms with Crippen LogP contribution in [-0.2, 0) is 0 Å². The Morgan fingerprint density at radius 1 is 1.31 bits per heavy atom. The summed E-state index contributed by atoms with van der Waals surface area (Å²) in [5, 5.41) is 11.5. The number of aliphatic hydroxyl groups excluding tert-OH is 1. The molecule has 2 fully saturated rings. The fourth-order valence-electron chi connectivity index (χ4n) is 2.29. The fourth-order valence-corrected chi connectivity index (χ4v) is 2.29. The predicted octanol–water partition coefficient (Wildman–Crippen LogP) is 0.943. The van der Waals surface area contributed by atoms with Gasteiger partial charge in [0.15, 0.2) is 0 Å². The van der Waals surface area contributed by atoms with Gasteiger partial charge in [-0.05, 0) is 6.42 Å². The van der Waals surface area contributed by atoms with E-state index in [4.69, 9.17) is 5.11 Å². The smallest absolute Gasteiger partial charge is 0.396 e. The second-order valence-electron chi connectivity index (χ2n) is 3.80. The Bertz CT molecular complexity index is 222. The molecule has 2 aliphatic rings. The highest BCUT2D eigenvalue weighted by Crippen LogP contribution is 2.72. The number of alkyl halides is 3. The molecule has 0 aromatic rings. The van der Waals surface area contributed by atoms with Gasteiger partial charge in [-0.25, -0.2) is 0 Å².